The summed E-state index contributed by atoms with van der Waals surface area (Å²) in [4.78, 5) is 7.87. The lowest BCUT2D eigenvalue weighted by Crippen LogP contribution is -1.94. The van der Waals surface area contributed by atoms with Crippen molar-refractivity contribution in [3.05, 3.63) is 57.0 Å². The molecule has 0 saturated carbocycles. The molecule has 16 heavy (non-hydrogen) atoms. The number of aromatic nitrogens is 2. The first kappa shape index (κ1) is 11.6. The molecule has 0 spiro atoms. The average Bonchev–Trinajstić information content (AvgIpc) is 2.15. The Bertz CT molecular complexity index is 494. The van der Waals surface area contributed by atoms with Crippen LogP contribution in [0, 0.1) is 0 Å². The molecule has 0 aliphatic rings. The van der Waals surface area contributed by atoms with E-state index >= 15 is 0 Å². The van der Waals surface area contributed by atoms with Crippen molar-refractivity contribution in [1.29, 1.82) is 0 Å². The van der Waals surface area contributed by atoms with Gasteiger partial charge in [-0.05, 0) is 35.4 Å². The quantitative estimate of drug-likeness (QED) is 0.610. The van der Waals surface area contributed by atoms with Crippen molar-refractivity contribution in [2.75, 3.05) is 0 Å². The monoisotopic (exact) mass is 272 g/mol. The van der Waals surface area contributed by atoms with E-state index in [1.807, 2.05) is 24.3 Å². The molecule has 1 aromatic carbocycles. The number of rotatable bonds is 2. The molecule has 0 radical (unpaired) electrons. The van der Waals surface area contributed by atoms with Crippen LogP contribution in [0.15, 0.2) is 30.3 Å². The highest BCUT2D eigenvalue weighted by molar-refractivity contribution is 6.31. The Labute approximate surface area is 108 Å². The fourth-order valence-corrected chi connectivity index (χ4v) is 2.04. The van der Waals surface area contributed by atoms with Crippen LogP contribution in [0.1, 0.15) is 11.3 Å². The number of benzene rings is 1. The largest absolute Gasteiger partial charge is 0.224 e. The van der Waals surface area contributed by atoms with Crippen LogP contribution in [0.3, 0.4) is 0 Å². The molecular formula is C11H7Cl3N2. The van der Waals surface area contributed by atoms with Gasteiger partial charge in [-0.15, -0.1) is 0 Å². The average molecular weight is 274 g/mol. The van der Waals surface area contributed by atoms with Crippen LogP contribution in [0.4, 0.5) is 0 Å². The highest BCUT2D eigenvalue weighted by Crippen LogP contribution is 2.16. The second-order valence-corrected chi connectivity index (χ2v) is 4.42. The molecule has 2 nitrogen and oxygen atoms in total. The molecule has 1 heterocycles. The van der Waals surface area contributed by atoms with Crippen molar-refractivity contribution < 1.29 is 0 Å². The zero-order chi connectivity index (χ0) is 11.5. The maximum Gasteiger partial charge on any atom is 0.224 e. The maximum atomic E-state index is 5.89. The van der Waals surface area contributed by atoms with Crippen LogP contribution >= 0.6 is 34.8 Å². The Morgan fingerprint density at radius 2 is 1.81 bits per heavy atom. The van der Waals surface area contributed by atoms with Crippen LogP contribution in [-0.2, 0) is 6.42 Å². The van der Waals surface area contributed by atoms with Crippen LogP contribution in [0.5, 0.6) is 0 Å². The first-order valence-corrected chi connectivity index (χ1v) is 5.70. The lowest BCUT2D eigenvalue weighted by molar-refractivity contribution is 1.03. The van der Waals surface area contributed by atoms with Crippen molar-refractivity contribution in [2.24, 2.45) is 0 Å². The SMILES string of the molecule is Clc1cccc(Cc2cc(Cl)nc(Cl)n2)c1. The van der Waals surface area contributed by atoms with E-state index in [0.29, 0.717) is 16.6 Å². The van der Waals surface area contributed by atoms with Gasteiger partial charge < -0.3 is 0 Å². The van der Waals surface area contributed by atoms with Crippen molar-refractivity contribution >= 4 is 34.8 Å². The fourth-order valence-electron chi connectivity index (χ4n) is 1.38. The fraction of sp³-hybridized carbons (Fsp3) is 0.0909. The van der Waals surface area contributed by atoms with E-state index < -0.39 is 0 Å². The van der Waals surface area contributed by atoms with E-state index in [0.717, 1.165) is 11.3 Å². The maximum absolute atomic E-state index is 5.89. The Morgan fingerprint density at radius 3 is 2.50 bits per heavy atom. The van der Waals surface area contributed by atoms with Gasteiger partial charge in [-0.3, -0.25) is 0 Å². The predicted molar refractivity (Wildman–Crippen MR) is 66.3 cm³/mol. The van der Waals surface area contributed by atoms with E-state index in [9.17, 15) is 0 Å². The summed E-state index contributed by atoms with van der Waals surface area (Å²) in [6, 6.07) is 9.25. The van der Waals surface area contributed by atoms with E-state index in [-0.39, 0.29) is 5.28 Å². The smallest absolute Gasteiger partial charge is 0.223 e. The summed E-state index contributed by atoms with van der Waals surface area (Å²) in [5.74, 6) is 0. The van der Waals surface area contributed by atoms with Gasteiger partial charge >= 0.3 is 0 Å². The van der Waals surface area contributed by atoms with E-state index in [1.54, 1.807) is 6.07 Å². The van der Waals surface area contributed by atoms with Crippen molar-refractivity contribution in [2.45, 2.75) is 6.42 Å². The van der Waals surface area contributed by atoms with Gasteiger partial charge in [0, 0.05) is 11.4 Å². The van der Waals surface area contributed by atoms with Gasteiger partial charge in [-0.1, -0.05) is 35.3 Å². The molecule has 0 saturated heterocycles. The lowest BCUT2D eigenvalue weighted by atomic mass is 10.1. The molecule has 0 atom stereocenters. The molecule has 0 fully saturated rings. The first-order chi connectivity index (χ1) is 7.63. The summed E-state index contributed by atoms with van der Waals surface area (Å²) in [6.45, 7) is 0. The zero-order valence-corrected chi connectivity index (χ0v) is 10.4. The molecule has 0 aliphatic carbocycles. The Kier molecular flexibility index (Phi) is 3.64. The summed E-state index contributed by atoms with van der Waals surface area (Å²) >= 11 is 17.4. The number of hydrogen-bond donors (Lipinski definition) is 0. The summed E-state index contributed by atoms with van der Waals surface area (Å²) < 4.78 is 0. The lowest BCUT2D eigenvalue weighted by Gasteiger charge is -2.02. The van der Waals surface area contributed by atoms with Crippen LogP contribution < -0.4 is 0 Å². The molecule has 0 unspecified atom stereocenters. The Hall–Kier alpha value is -0.830. The van der Waals surface area contributed by atoms with Crippen molar-refractivity contribution in [1.82, 2.24) is 9.97 Å². The van der Waals surface area contributed by atoms with Gasteiger partial charge in [0.1, 0.15) is 5.15 Å². The molecule has 1 aromatic heterocycles. The van der Waals surface area contributed by atoms with E-state index in [2.05, 4.69) is 9.97 Å². The Morgan fingerprint density at radius 1 is 1.00 bits per heavy atom. The molecule has 0 N–H and O–H groups in total. The minimum Gasteiger partial charge on any atom is -0.223 e. The molecule has 2 rings (SSSR count). The minimum absolute atomic E-state index is 0.157. The molecule has 0 amide bonds. The predicted octanol–water partition coefficient (Wildman–Crippen LogP) is 4.03. The summed E-state index contributed by atoms with van der Waals surface area (Å²) in [6.07, 6.45) is 0.628. The minimum atomic E-state index is 0.157. The highest BCUT2D eigenvalue weighted by atomic mass is 35.5. The molecular weight excluding hydrogens is 266 g/mol. The standard InChI is InChI=1S/C11H7Cl3N2/c12-8-3-1-2-7(4-8)5-9-6-10(13)16-11(14)15-9/h1-4,6H,5H2. The van der Waals surface area contributed by atoms with Gasteiger partial charge in [0.15, 0.2) is 0 Å². The van der Waals surface area contributed by atoms with Crippen molar-refractivity contribution in [3.8, 4) is 0 Å². The van der Waals surface area contributed by atoms with E-state index in [1.165, 1.54) is 0 Å². The summed E-state index contributed by atoms with van der Waals surface area (Å²) in [5.41, 5.74) is 1.82. The molecule has 2 aromatic rings. The summed E-state index contributed by atoms with van der Waals surface area (Å²) in [7, 11) is 0. The molecule has 5 heteroatoms. The van der Waals surface area contributed by atoms with Crippen LogP contribution in [0.25, 0.3) is 0 Å². The van der Waals surface area contributed by atoms with Gasteiger partial charge in [-0.2, -0.15) is 0 Å². The molecule has 0 aliphatic heterocycles. The number of hydrogen-bond acceptors (Lipinski definition) is 2. The number of halogens is 3. The summed E-state index contributed by atoms with van der Waals surface area (Å²) in [5, 5.41) is 1.20. The third kappa shape index (κ3) is 3.08. The highest BCUT2D eigenvalue weighted by Gasteiger charge is 2.03. The van der Waals surface area contributed by atoms with Gasteiger partial charge in [0.2, 0.25) is 5.28 Å². The Balaban J connectivity index is 2.27. The van der Waals surface area contributed by atoms with E-state index in [4.69, 9.17) is 34.8 Å². The topological polar surface area (TPSA) is 25.8 Å². The van der Waals surface area contributed by atoms with Gasteiger partial charge in [0.05, 0.1) is 5.69 Å². The third-order valence-corrected chi connectivity index (χ3v) is 2.59. The molecule has 82 valence electrons. The van der Waals surface area contributed by atoms with Crippen LogP contribution in [0.2, 0.25) is 15.5 Å². The first-order valence-electron chi connectivity index (χ1n) is 4.57. The van der Waals surface area contributed by atoms with Gasteiger partial charge in [-0.25, -0.2) is 9.97 Å². The normalized spacial score (nSPS) is 10.4. The second kappa shape index (κ2) is 5.00. The third-order valence-electron chi connectivity index (χ3n) is 1.99. The molecule has 0 bridgehead atoms. The van der Waals surface area contributed by atoms with Gasteiger partial charge in [0.25, 0.3) is 0 Å². The number of nitrogens with zero attached hydrogens (tertiary/aromatic N) is 2. The van der Waals surface area contributed by atoms with Crippen molar-refractivity contribution in [3.63, 3.8) is 0 Å². The second-order valence-electron chi connectivity index (χ2n) is 3.26. The zero-order valence-electron chi connectivity index (χ0n) is 8.12. The van der Waals surface area contributed by atoms with Crippen LogP contribution in [-0.4, -0.2) is 9.97 Å².